The van der Waals surface area contributed by atoms with Crippen LogP contribution >= 0.6 is 34.2 Å². The summed E-state index contributed by atoms with van der Waals surface area (Å²) >= 11 is 8.16. The predicted molar refractivity (Wildman–Crippen MR) is 77.3 cm³/mol. The molecule has 3 rings (SSSR count). The van der Waals surface area contributed by atoms with E-state index in [1.807, 2.05) is 6.92 Å². The zero-order valence-corrected chi connectivity index (χ0v) is 12.7. The molecular formula is C11H11ClIN3O2. The van der Waals surface area contributed by atoms with E-state index in [1.54, 1.807) is 0 Å². The highest BCUT2D eigenvalue weighted by atomic mass is 127. The van der Waals surface area contributed by atoms with Gasteiger partial charge in [0.05, 0.1) is 13.2 Å². The second kappa shape index (κ2) is 4.82. The molecular weight excluding hydrogens is 368 g/mol. The summed E-state index contributed by atoms with van der Waals surface area (Å²) in [6, 6.07) is 0. The Morgan fingerprint density at radius 1 is 1.28 bits per heavy atom. The minimum Gasteiger partial charge on any atom is -0.444 e. The summed E-state index contributed by atoms with van der Waals surface area (Å²) in [5.41, 5.74) is 2.51. The third-order valence-corrected chi connectivity index (χ3v) is 4.17. The molecule has 1 saturated heterocycles. The molecule has 2 aromatic heterocycles. The molecule has 0 bridgehead atoms. The van der Waals surface area contributed by atoms with Crippen molar-refractivity contribution < 1.29 is 9.15 Å². The van der Waals surface area contributed by atoms with Crippen LogP contribution in [0.25, 0.3) is 11.1 Å². The minimum atomic E-state index is 0.254. The third-order valence-electron chi connectivity index (χ3n) is 2.97. The molecule has 0 aliphatic carbocycles. The molecule has 1 aliphatic rings. The molecule has 18 heavy (non-hydrogen) atoms. The van der Waals surface area contributed by atoms with Crippen LogP contribution in [-0.2, 0) is 4.74 Å². The SMILES string of the molecule is Cc1c(I)oc2c(N3CCOCC3)nc(Cl)nc12. The van der Waals surface area contributed by atoms with E-state index >= 15 is 0 Å². The molecule has 0 radical (unpaired) electrons. The number of ether oxygens (including phenoxy) is 1. The second-order valence-corrected chi connectivity index (χ2v) is 5.41. The second-order valence-electron chi connectivity index (χ2n) is 4.09. The first-order chi connectivity index (χ1) is 8.66. The number of anilines is 1. The number of aryl methyl sites for hydroxylation is 1. The standard InChI is InChI=1S/C11H11ClIN3O2/c1-6-7-8(18-9(6)13)10(15-11(12)14-7)16-2-4-17-5-3-16/h2-5H2,1H3. The van der Waals surface area contributed by atoms with Gasteiger partial charge >= 0.3 is 0 Å². The van der Waals surface area contributed by atoms with Crippen LogP contribution in [0.4, 0.5) is 5.82 Å². The Balaban J connectivity index is 2.17. The molecule has 5 nitrogen and oxygen atoms in total. The molecule has 96 valence electrons. The molecule has 0 saturated carbocycles. The number of rotatable bonds is 1. The molecule has 1 aliphatic heterocycles. The molecule has 2 aromatic rings. The molecule has 0 atom stereocenters. The zero-order chi connectivity index (χ0) is 12.7. The van der Waals surface area contributed by atoms with Crippen molar-refractivity contribution in [1.82, 2.24) is 9.97 Å². The van der Waals surface area contributed by atoms with Crippen molar-refractivity contribution in [2.75, 3.05) is 31.2 Å². The molecule has 3 heterocycles. The van der Waals surface area contributed by atoms with Crippen LogP contribution in [-0.4, -0.2) is 36.3 Å². The third kappa shape index (κ3) is 2.06. The van der Waals surface area contributed by atoms with Crippen molar-refractivity contribution in [3.8, 4) is 0 Å². The highest BCUT2D eigenvalue weighted by molar-refractivity contribution is 14.1. The quantitative estimate of drug-likeness (QED) is 0.563. The van der Waals surface area contributed by atoms with Crippen LogP contribution in [0.1, 0.15) is 5.56 Å². The van der Waals surface area contributed by atoms with Gasteiger partial charge in [0.15, 0.2) is 15.2 Å². The zero-order valence-electron chi connectivity index (χ0n) is 9.74. The van der Waals surface area contributed by atoms with Crippen LogP contribution in [0.2, 0.25) is 5.28 Å². The number of aromatic nitrogens is 2. The summed E-state index contributed by atoms with van der Waals surface area (Å²) < 4.78 is 11.9. The number of hydrogen-bond donors (Lipinski definition) is 0. The fraction of sp³-hybridized carbons (Fsp3) is 0.455. The highest BCUT2D eigenvalue weighted by Crippen LogP contribution is 2.32. The Bertz CT molecular complexity index is 595. The van der Waals surface area contributed by atoms with E-state index in [9.17, 15) is 0 Å². The molecule has 1 fully saturated rings. The fourth-order valence-electron chi connectivity index (χ4n) is 2.01. The van der Waals surface area contributed by atoms with E-state index in [4.69, 9.17) is 20.8 Å². The van der Waals surface area contributed by atoms with E-state index in [0.717, 1.165) is 33.8 Å². The summed E-state index contributed by atoms with van der Waals surface area (Å²) in [5, 5.41) is 0.254. The predicted octanol–water partition coefficient (Wildman–Crippen LogP) is 2.63. The first-order valence-corrected chi connectivity index (χ1v) is 7.07. The largest absolute Gasteiger partial charge is 0.444 e. The first-order valence-electron chi connectivity index (χ1n) is 5.61. The Morgan fingerprint density at radius 2 is 2.00 bits per heavy atom. The van der Waals surface area contributed by atoms with Crippen LogP contribution in [0.5, 0.6) is 0 Å². The number of fused-ring (bicyclic) bond motifs is 1. The number of hydrogen-bond acceptors (Lipinski definition) is 5. The Labute approximate surface area is 123 Å². The average molecular weight is 380 g/mol. The maximum absolute atomic E-state index is 6.00. The monoisotopic (exact) mass is 379 g/mol. The van der Waals surface area contributed by atoms with Crippen LogP contribution < -0.4 is 4.90 Å². The van der Waals surface area contributed by atoms with Crippen LogP contribution in [0.3, 0.4) is 0 Å². The van der Waals surface area contributed by atoms with E-state index in [0.29, 0.717) is 18.8 Å². The lowest BCUT2D eigenvalue weighted by molar-refractivity contribution is 0.122. The number of furan rings is 1. The lowest BCUT2D eigenvalue weighted by Gasteiger charge is -2.27. The van der Waals surface area contributed by atoms with Crippen molar-refractivity contribution in [2.45, 2.75) is 6.92 Å². The number of morpholine rings is 1. The summed E-state index contributed by atoms with van der Waals surface area (Å²) in [7, 11) is 0. The summed E-state index contributed by atoms with van der Waals surface area (Å²) in [6.45, 7) is 4.94. The van der Waals surface area contributed by atoms with Crippen molar-refractivity contribution in [1.29, 1.82) is 0 Å². The Morgan fingerprint density at radius 3 is 2.72 bits per heavy atom. The van der Waals surface area contributed by atoms with Crippen molar-refractivity contribution in [3.05, 3.63) is 14.6 Å². The highest BCUT2D eigenvalue weighted by Gasteiger charge is 2.21. The van der Waals surface area contributed by atoms with Gasteiger partial charge in [-0.1, -0.05) is 0 Å². The summed E-state index contributed by atoms with van der Waals surface area (Å²) in [4.78, 5) is 10.7. The topological polar surface area (TPSA) is 51.4 Å². The van der Waals surface area contributed by atoms with Gasteiger partial charge in [0.1, 0.15) is 5.52 Å². The van der Waals surface area contributed by atoms with Crippen molar-refractivity contribution >= 4 is 51.1 Å². The van der Waals surface area contributed by atoms with Gasteiger partial charge in [0, 0.05) is 18.7 Å². The maximum Gasteiger partial charge on any atom is 0.225 e. The van der Waals surface area contributed by atoms with E-state index in [2.05, 4.69) is 37.5 Å². The van der Waals surface area contributed by atoms with Gasteiger partial charge < -0.3 is 14.1 Å². The molecule has 7 heteroatoms. The van der Waals surface area contributed by atoms with Gasteiger partial charge in [-0.15, -0.1) is 0 Å². The number of halogens is 2. The first kappa shape index (κ1) is 12.4. The summed E-state index contributed by atoms with van der Waals surface area (Å²) in [5.74, 6) is 0.763. The van der Waals surface area contributed by atoms with Gasteiger partial charge in [0.2, 0.25) is 5.28 Å². The van der Waals surface area contributed by atoms with Crippen LogP contribution in [0.15, 0.2) is 4.42 Å². The lowest BCUT2D eigenvalue weighted by Crippen LogP contribution is -2.36. The normalized spacial score (nSPS) is 16.5. The van der Waals surface area contributed by atoms with Crippen LogP contribution in [0, 0.1) is 10.7 Å². The van der Waals surface area contributed by atoms with E-state index in [-0.39, 0.29) is 5.28 Å². The van der Waals surface area contributed by atoms with Gasteiger partial charge in [-0.2, -0.15) is 4.98 Å². The van der Waals surface area contributed by atoms with Gasteiger partial charge in [-0.25, -0.2) is 4.98 Å². The van der Waals surface area contributed by atoms with Crippen molar-refractivity contribution in [3.63, 3.8) is 0 Å². The maximum atomic E-state index is 6.00. The molecule has 0 amide bonds. The molecule has 0 aromatic carbocycles. The number of nitrogens with zero attached hydrogens (tertiary/aromatic N) is 3. The van der Waals surface area contributed by atoms with Gasteiger partial charge in [-0.3, -0.25) is 0 Å². The minimum absolute atomic E-state index is 0.254. The summed E-state index contributed by atoms with van der Waals surface area (Å²) in [6.07, 6.45) is 0. The van der Waals surface area contributed by atoms with Gasteiger partial charge in [0.25, 0.3) is 0 Å². The van der Waals surface area contributed by atoms with Gasteiger partial charge in [-0.05, 0) is 41.1 Å². The molecule has 0 N–H and O–H groups in total. The lowest BCUT2D eigenvalue weighted by atomic mass is 10.3. The average Bonchev–Trinajstić information content (AvgIpc) is 2.66. The molecule has 0 unspecified atom stereocenters. The van der Waals surface area contributed by atoms with Crippen molar-refractivity contribution in [2.24, 2.45) is 0 Å². The smallest absolute Gasteiger partial charge is 0.225 e. The molecule has 0 spiro atoms. The Kier molecular flexibility index (Phi) is 3.33. The Hall–Kier alpha value is -0.600. The fourth-order valence-corrected chi connectivity index (χ4v) is 2.65. The van der Waals surface area contributed by atoms with E-state index in [1.165, 1.54) is 0 Å². The van der Waals surface area contributed by atoms with E-state index < -0.39 is 0 Å².